The first-order valence-corrected chi connectivity index (χ1v) is 9.51. The number of pyridine rings is 1. The summed E-state index contributed by atoms with van der Waals surface area (Å²) in [6, 6.07) is 19.0. The minimum Gasteiger partial charge on any atom is -0.361 e. The molecule has 0 bridgehead atoms. The monoisotopic (exact) mass is 391 g/mol. The van der Waals surface area contributed by atoms with Crippen molar-refractivity contribution in [2.45, 2.75) is 19.0 Å². The van der Waals surface area contributed by atoms with Gasteiger partial charge in [0, 0.05) is 23.3 Å². The van der Waals surface area contributed by atoms with E-state index in [2.05, 4.69) is 20.6 Å². The van der Waals surface area contributed by atoms with Crippen LogP contribution in [-0.2, 0) is 4.79 Å². The van der Waals surface area contributed by atoms with Crippen molar-refractivity contribution in [3.63, 3.8) is 0 Å². The number of nitrogens with one attached hydrogen (secondary N) is 3. The van der Waals surface area contributed by atoms with Gasteiger partial charge >= 0.3 is 0 Å². The van der Waals surface area contributed by atoms with E-state index in [0.717, 1.165) is 22.8 Å². The van der Waals surface area contributed by atoms with Crippen molar-refractivity contribution in [2.75, 3.05) is 11.9 Å². The minimum absolute atomic E-state index is 0.120. The Hall–Kier alpha value is -3.19. The number of para-hydroxylation sites is 1. The molecule has 0 spiro atoms. The van der Waals surface area contributed by atoms with Crippen LogP contribution in [0, 0.1) is 6.92 Å². The van der Waals surface area contributed by atoms with Gasteiger partial charge in [-0.25, -0.2) is 0 Å². The summed E-state index contributed by atoms with van der Waals surface area (Å²) in [5, 5.41) is 6.81. The molecule has 1 saturated heterocycles. The lowest BCUT2D eigenvalue weighted by atomic mass is 10.0. The van der Waals surface area contributed by atoms with Gasteiger partial charge < -0.3 is 20.5 Å². The van der Waals surface area contributed by atoms with Gasteiger partial charge in [-0.3, -0.25) is 9.78 Å². The van der Waals surface area contributed by atoms with Gasteiger partial charge in [0.15, 0.2) is 5.11 Å². The number of aryl methyl sites for hydroxylation is 1. The van der Waals surface area contributed by atoms with Crippen LogP contribution in [0.2, 0.25) is 0 Å². The molecule has 0 saturated carbocycles. The topological polar surface area (TPSA) is 73.1 Å². The van der Waals surface area contributed by atoms with Crippen molar-refractivity contribution in [2.24, 2.45) is 0 Å². The summed E-state index contributed by atoms with van der Waals surface area (Å²) < 4.78 is 0. The second-order valence-corrected chi connectivity index (χ2v) is 7.15. The molecule has 7 heteroatoms. The lowest BCUT2D eigenvalue weighted by molar-refractivity contribution is -0.116. The van der Waals surface area contributed by atoms with Crippen molar-refractivity contribution in [1.82, 2.24) is 20.2 Å². The van der Waals surface area contributed by atoms with Gasteiger partial charge in [-0.1, -0.05) is 24.3 Å². The van der Waals surface area contributed by atoms with Crippen molar-refractivity contribution >= 4 is 28.9 Å². The van der Waals surface area contributed by atoms with E-state index < -0.39 is 0 Å². The van der Waals surface area contributed by atoms with Crippen LogP contribution in [0.15, 0.2) is 66.9 Å². The smallest absolute Gasteiger partial charge is 0.244 e. The number of H-pyrrole nitrogens is 1. The molecule has 0 radical (unpaired) electrons. The third kappa shape index (κ3) is 3.75. The quantitative estimate of drug-likeness (QED) is 0.582. The highest BCUT2D eigenvalue weighted by Crippen LogP contribution is 2.37. The third-order valence-electron chi connectivity index (χ3n) is 4.74. The zero-order valence-electron chi connectivity index (χ0n) is 15.4. The first-order chi connectivity index (χ1) is 13.6. The molecule has 0 unspecified atom stereocenters. The number of thiocarbonyl (C=S) groups is 1. The van der Waals surface area contributed by atoms with Crippen LogP contribution in [0.5, 0.6) is 0 Å². The molecule has 1 aliphatic rings. The lowest BCUT2D eigenvalue weighted by Gasteiger charge is -2.26. The summed E-state index contributed by atoms with van der Waals surface area (Å²) in [6.07, 6.45) is 1.77. The Morgan fingerprint density at radius 3 is 2.61 bits per heavy atom. The highest BCUT2D eigenvalue weighted by Gasteiger charge is 2.41. The molecule has 28 heavy (non-hydrogen) atoms. The molecule has 1 aromatic carbocycles. The fraction of sp³-hybridized carbons (Fsp3) is 0.190. The van der Waals surface area contributed by atoms with E-state index in [9.17, 15) is 4.79 Å². The van der Waals surface area contributed by atoms with E-state index in [1.807, 2.05) is 72.5 Å². The Bertz CT molecular complexity index is 973. The van der Waals surface area contributed by atoms with Crippen LogP contribution in [-0.4, -0.2) is 32.4 Å². The van der Waals surface area contributed by atoms with Crippen LogP contribution < -0.4 is 10.6 Å². The zero-order chi connectivity index (χ0) is 19.5. The maximum Gasteiger partial charge on any atom is 0.244 e. The standard InChI is InChI=1S/C21H21N5OS/c1-14-10-11-17(23-14)20-19(16-9-5-6-12-22-16)25-21(28)26(20)13-18(27)24-15-7-3-2-4-8-15/h2-12,19-20,23H,13H2,1H3,(H,24,27)(H,25,28)/t19-,20-/m1/s1. The Kier molecular flexibility index (Phi) is 5.08. The molecule has 3 aromatic rings. The molecule has 0 aliphatic carbocycles. The first kappa shape index (κ1) is 18.2. The summed E-state index contributed by atoms with van der Waals surface area (Å²) >= 11 is 5.58. The van der Waals surface area contributed by atoms with E-state index in [0.29, 0.717) is 5.11 Å². The van der Waals surface area contributed by atoms with Crippen LogP contribution in [0.25, 0.3) is 0 Å². The number of carbonyl (C=O) groups is 1. The Morgan fingerprint density at radius 1 is 1.14 bits per heavy atom. The Morgan fingerprint density at radius 2 is 1.93 bits per heavy atom. The van der Waals surface area contributed by atoms with Crippen LogP contribution in [0.1, 0.15) is 29.2 Å². The number of nitrogens with zero attached hydrogens (tertiary/aromatic N) is 2. The minimum atomic E-state index is -0.155. The number of benzene rings is 1. The van der Waals surface area contributed by atoms with Crippen LogP contribution in [0.4, 0.5) is 5.69 Å². The summed E-state index contributed by atoms with van der Waals surface area (Å²) in [6.45, 7) is 2.15. The van der Waals surface area contributed by atoms with Gasteiger partial charge in [-0.15, -0.1) is 0 Å². The molecular formula is C21H21N5OS. The number of hydrogen-bond donors (Lipinski definition) is 3. The zero-order valence-corrected chi connectivity index (χ0v) is 16.2. The molecule has 3 N–H and O–H groups in total. The third-order valence-corrected chi connectivity index (χ3v) is 5.09. The Balaban J connectivity index is 1.61. The molecule has 142 valence electrons. The molecule has 4 rings (SSSR count). The summed E-state index contributed by atoms with van der Waals surface area (Å²) in [7, 11) is 0. The van der Waals surface area contributed by atoms with Crippen molar-refractivity contribution in [3.8, 4) is 0 Å². The van der Waals surface area contributed by atoms with E-state index in [-0.39, 0.29) is 24.5 Å². The predicted octanol–water partition coefficient (Wildman–Crippen LogP) is 3.33. The van der Waals surface area contributed by atoms with Crippen LogP contribution in [0.3, 0.4) is 0 Å². The van der Waals surface area contributed by atoms with E-state index >= 15 is 0 Å². The van der Waals surface area contributed by atoms with Crippen molar-refractivity contribution in [1.29, 1.82) is 0 Å². The number of carbonyl (C=O) groups excluding carboxylic acids is 1. The second-order valence-electron chi connectivity index (χ2n) is 6.77. The highest BCUT2D eigenvalue weighted by atomic mass is 32.1. The fourth-order valence-corrected chi connectivity index (χ4v) is 3.79. The first-order valence-electron chi connectivity index (χ1n) is 9.10. The average Bonchev–Trinajstić information content (AvgIpc) is 3.26. The summed E-state index contributed by atoms with van der Waals surface area (Å²) in [5.41, 5.74) is 3.70. The molecule has 2 aromatic heterocycles. The highest BCUT2D eigenvalue weighted by molar-refractivity contribution is 7.80. The molecule has 1 aliphatic heterocycles. The van der Waals surface area contributed by atoms with Gasteiger partial charge in [0.2, 0.25) is 5.91 Å². The average molecular weight is 392 g/mol. The van der Waals surface area contributed by atoms with E-state index in [1.165, 1.54) is 0 Å². The number of aromatic nitrogens is 2. The number of rotatable bonds is 5. The SMILES string of the molecule is Cc1ccc([C@@H]2[C@@H](c3ccccn3)NC(=S)N2CC(=O)Nc2ccccc2)[nH]1. The summed E-state index contributed by atoms with van der Waals surface area (Å²) in [4.78, 5) is 22.5. The van der Waals surface area contributed by atoms with Gasteiger partial charge in [-0.05, 0) is 55.5 Å². The van der Waals surface area contributed by atoms with Gasteiger partial charge in [-0.2, -0.15) is 0 Å². The maximum atomic E-state index is 12.7. The van der Waals surface area contributed by atoms with Gasteiger partial charge in [0.1, 0.15) is 6.54 Å². The maximum absolute atomic E-state index is 12.7. The molecule has 2 atom stereocenters. The second kappa shape index (κ2) is 7.82. The Labute approximate surface area is 169 Å². The lowest BCUT2D eigenvalue weighted by Crippen LogP contribution is -2.37. The number of amides is 1. The predicted molar refractivity (Wildman–Crippen MR) is 113 cm³/mol. The molecule has 3 heterocycles. The van der Waals surface area contributed by atoms with Gasteiger partial charge in [0.05, 0.1) is 17.8 Å². The van der Waals surface area contributed by atoms with Crippen molar-refractivity contribution < 1.29 is 4.79 Å². The normalized spacial score (nSPS) is 18.8. The fourth-order valence-electron chi connectivity index (χ4n) is 3.49. The summed E-state index contributed by atoms with van der Waals surface area (Å²) in [5.74, 6) is -0.120. The molecule has 6 nitrogen and oxygen atoms in total. The van der Waals surface area contributed by atoms with E-state index in [1.54, 1.807) is 6.20 Å². The number of aromatic amines is 1. The number of anilines is 1. The number of hydrogen-bond acceptors (Lipinski definition) is 3. The van der Waals surface area contributed by atoms with Gasteiger partial charge in [0.25, 0.3) is 0 Å². The molecule has 1 amide bonds. The molecule has 1 fully saturated rings. The largest absolute Gasteiger partial charge is 0.361 e. The van der Waals surface area contributed by atoms with E-state index in [4.69, 9.17) is 12.2 Å². The van der Waals surface area contributed by atoms with Crippen LogP contribution >= 0.6 is 12.2 Å². The van der Waals surface area contributed by atoms with Crippen molar-refractivity contribution in [3.05, 3.63) is 83.9 Å². The molecular weight excluding hydrogens is 370 g/mol.